The van der Waals surface area contributed by atoms with E-state index < -0.39 is 6.10 Å². The number of aliphatic hydroxyl groups excluding tert-OH is 1. The van der Waals surface area contributed by atoms with Crippen molar-refractivity contribution in [2.75, 3.05) is 14.2 Å². The third-order valence-electron chi connectivity index (χ3n) is 3.14. The Morgan fingerprint density at radius 3 is 2.56 bits per heavy atom. The highest BCUT2D eigenvalue weighted by Crippen LogP contribution is 2.35. The van der Waals surface area contributed by atoms with Crippen LogP contribution in [-0.2, 0) is 4.74 Å². The molecule has 0 bridgehead atoms. The molecule has 1 unspecified atom stereocenters. The van der Waals surface area contributed by atoms with Gasteiger partial charge in [-0.25, -0.2) is 0 Å². The molecule has 0 aliphatic heterocycles. The molecule has 0 spiro atoms. The van der Waals surface area contributed by atoms with Crippen molar-refractivity contribution in [3.63, 3.8) is 0 Å². The van der Waals surface area contributed by atoms with Crippen LogP contribution in [-0.4, -0.2) is 24.9 Å². The maximum absolute atomic E-state index is 10.3. The quantitative estimate of drug-likeness (QED) is 0.860. The number of ether oxygens (including phenoxy) is 2. The minimum absolute atomic E-state index is 0.254. The predicted molar refractivity (Wildman–Crippen MR) is 73.3 cm³/mol. The van der Waals surface area contributed by atoms with Gasteiger partial charge < -0.3 is 14.6 Å². The second kappa shape index (κ2) is 6.41. The molecule has 0 aliphatic rings. The maximum Gasteiger partial charge on any atom is 0.126 e. The molecule has 1 aromatic rings. The average molecular weight is 273 g/mol. The van der Waals surface area contributed by atoms with Crippen molar-refractivity contribution in [2.24, 2.45) is 0 Å². The topological polar surface area (TPSA) is 38.7 Å². The van der Waals surface area contributed by atoms with Gasteiger partial charge in [-0.3, -0.25) is 0 Å². The van der Waals surface area contributed by atoms with Crippen molar-refractivity contribution in [3.8, 4) is 5.75 Å². The normalized spacial score (nSPS) is 13.4. The molecule has 0 aromatic heterocycles. The monoisotopic (exact) mass is 272 g/mol. The van der Waals surface area contributed by atoms with Crippen LogP contribution in [0, 0.1) is 0 Å². The molecule has 1 atom stereocenters. The third kappa shape index (κ3) is 3.87. The summed E-state index contributed by atoms with van der Waals surface area (Å²) in [5.41, 5.74) is 0.392. The van der Waals surface area contributed by atoms with E-state index in [2.05, 4.69) is 0 Å². The summed E-state index contributed by atoms with van der Waals surface area (Å²) in [5, 5.41) is 10.8. The van der Waals surface area contributed by atoms with Crippen molar-refractivity contribution < 1.29 is 14.6 Å². The Kier molecular flexibility index (Phi) is 5.45. The lowest BCUT2D eigenvalue weighted by Crippen LogP contribution is -2.23. The Balaban J connectivity index is 2.81. The smallest absolute Gasteiger partial charge is 0.126 e. The van der Waals surface area contributed by atoms with Crippen molar-refractivity contribution >= 4 is 11.6 Å². The summed E-state index contributed by atoms with van der Waals surface area (Å²) in [6, 6.07) is 5.35. The van der Waals surface area contributed by atoms with E-state index in [0.717, 1.165) is 6.42 Å². The molecule has 0 radical (unpaired) electrons. The van der Waals surface area contributed by atoms with Gasteiger partial charge in [-0.2, -0.15) is 0 Å². The van der Waals surface area contributed by atoms with Gasteiger partial charge in [0.15, 0.2) is 0 Å². The van der Waals surface area contributed by atoms with Crippen molar-refractivity contribution in [1.29, 1.82) is 0 Å². The molecular formula is C14H21ClO3. The van der Waals surface area contributed by atoms with Crippen molar-refractivity contribution in [1.82, 2.24) is 0 Å². The van der Waals surface area contributed by atoms with Gasteiger partial charge in [0.2, 0.25) is 0 Å². The molecule has 0 amide bonds. The maximum atomic E-state index is 10.3. The van der Waals surface area contributed by atoms with Crippen LogP contribution < -0.4 is 4.74 Å². The van der Waals surface area contributed by atoms with Crippen LogP contribution in [0.3, 0.4) is 0 Å². The van der Waals surface area contributed by atoms with E-state index >= 15 is 0 Å². The van der Waals surface area contributed by atoms with Crippen LogP contribution in [0.1, 0.15) is 38.4 Å². The van der Waals surface area contributed by atoms with Gasteiger partial charge in [-0.05, 0) is 38.8 Å². The Hall–Kier alpha value is -0.770. The molecule has 4 heteroatoms. The summed E-state index contributed by atoms with van der Waals surface area (Å²) in [5.74, 6) is 0.616. The van der Waals surface area contributed by atoms with E-state index in [4.69, 9.17) is 21.1 Å². The van der Waals surface area contributed by atoms with Gasteiger partial charge in [-0.15, -0.1) is 0 Å². The van der Waals surface area contributed by atoms with Gasteiger partial charge in [0.05, 0.1) is 23.8 Å². The number of aliphatic hydroxyl groups is 1. The van der Waals surface area contributed by atoms with E-state index in [1.807, 2.05) is 13.8 Å². The first-order valence-electron chi connectivity index (χ1n) is 5.97. The van der Waals surface area contributed by atoms with Gasteiger partial charge >= 0.3 is 0 Å². The number of rotatable bonds is 6. The van der Waals surface area contributed by atoms with Crippen molar-refractivity contribution in [3.05, 3.63) is 28.8 Å². The van der Waals surface area contributed by atoms with E-state index in [0.29, 0.717) is 22.8 Å². The summed E-state index contributed by atoms with van der Waals surface area (Å²) in [4.78, 5) is 0. The second-order valence-electron chi connectivity index (χ2n) is 4.87. The summed E-state index contributed by atoms with van der Waals surface area (Å²) in [6.07, 6.45) is 0.656. The van der Waals surface area contributed by atoms with E-state index in [1.165, 1.54) is 0 Å². The number of hydrogen-bond acceptors (Lipinski definition) is 3. The Morgan fingerprint density at radius 1 is 1.33 bits per heavy atom. The molecule has 0 saturated heterocycles. The van der Waals surface area contributed by atoms with Crippen LogP contribution in [0.15, 0.2) is 18.2 Å². The molecule has 1 N–H and O–H groups in total. The highest BCUT2D eigenvalue weighted by molar-refractivity contribution is 6.31. The zero-order chi connectivity index (χ0) is 13.8. The van der Waals surface area contributed by atoms with E-state index in [1.54, 1.807) is 32.4 Å². The molecule has 1 rings (SSSR count). The largest absolute Gasteiger partial charge is 0.496 e. The Bertz CT molecular complexity index is 391. The van der Waals surface area contributed by atoms with Crippen LogP contribution in [0.4, 0.5) is 0 Å². The molecule has 0 aliphatic carbocycles. The zero-order valence-electron chi connectivity index (χ0n) is 11.4. The SMILES string of the molecule is COc1cccc(Cl)c1C(O)CCC(C)(C)OC. The van der Waals surface area contributed by atoms with Crippen molar-refractivity contribution in [2.45, 2.75) is 38.4 Å². The van der Waals surface area contributed by atoms with Crippen LogP contribution in [0.5, 0.6) is 5.75 Å². The van der Waals surface area contributed by atoms with Crippen LogP contribution in [0.25, 0.3) is 0 Å². The summed E-state index contributed by atoms with van der Waals surface area (Å²) < 4.78 is 10.6. The summed E-state index contributed by atoms with van der Waals surface area (Å²) in [7, 11) is 3.24. The molecule has 0 saturated carbocycles. The van der Waals surface area contributed by atoms with Gasteiger partial charge in [0, 0.05) is 12.7 Å². The number of halogens is 1. The second-order valence-corrected chi connectivity index (χ2v) is 5.28. The van der Waals surface area contributed by atoms with Gasteiger partial charge in [0.1, 0.15) is 5.75 Å². The first-order chi connectivity index (χ1) is 8.41. The molecule has 0 heterocycles. The highest BCUT2D eigenvalue weighted by Gasteiger charge is 2.22. The zero-order valence-corrected chi connectivity index (χ0v) is 12.1. The van der Waals surface area contributed by atoms with Gasteiger partial charge in [-0.1, -0.05) is 17.7 Å². The molecular weight excluding hydrogens is 252 g/mol. The third-order valence-corrected chi connectivity index (χ3v) is 3.47. The number of hydrogen-bond donors (Lipinski definition) is 1. The highest BCUT2D eigenvalue weighted by atomic mass is 35.5. The lowest BCUT2D eigenvalue weighted by Gasteiger charge is -2.25. The molecule has 0 fully saturated rings. The number of benzene rings is 1. The van der Waals surface area contributed by atoms with E-state index in [-0.39, 0.29) is 5.60 Å². The fourth-order valence-electron chi connectivity index (χ4n) is 1.75. The van der Waals surface area contributed by atoms with Crippen LogP contribution in [0.2, 0.25) is 5.02 Å². The van der Waals surface area contributed by atoms with Crippen LogP contribution >= 0.6 is 11.6 Å². The molecule has 1 aromatic carbocycles. The summed E-state index contributed by atoms with van der Waals surface area (Å²) in [6.45, 7) is 3.98. The minimum Gasteiger partial charge on any atom is -0.496 e. The Morgan fingerprint density at radius 2 is 2.00 bits per heavy atom. The first kappa shape index (κ1) is 15.3. The molecule has 102 valence electrons. The number of methoxy groups -OCH3 is 2. The fraction of sp³-hybridized carbons (Fsp3) is 0.571. The predicted octanol–water partition coefficient (Wildman–Crippen LogP) is 3.59. The average Bonchev–Trinajstić information content (AvgIpc) is 2.35. The lowest BCUT2D eigenvalue weighted by atomic mass is 9.96. The molecule has 18 heavy (non-hydrogen) atoms. The fourth-order valence-corrected chi connectivity index (χ4v) is 2.04. The summed E-state index contributed by atoms with van der Waals surface area (Å²) >= 11 is 6.12. The Labute approximate surface area is 114 Å². The standard InChI is InChI=1S/C14H21ClO3/c1-14(2,18-4)9-8-11(16)13-10(15)6-5-7-12(13)17-3/h5-7,11,16H,8-9H2,1-4H3. The lowest BCUT2D eigenvalue weighted by molar-refractivity contribution is 0.00260. The van der Waals surface area contributed by atoms with E-state index in [9.17, 15) is 5.11 Å². The van der Waals surface area contributed by atoms with Gasteiger partial charge in [0.25, 0.3) is 0 Å². The molecule has 3 nitrogen and oxygen atoms in total. The minimum atomic E-state index is -0.650. The first-order valence-corrected chi connectivity index (χ1v) is 6.34.